The van der Waals surface area contributed by atoms with Crippen LogP contribution in [0.1, 0.15) is 18.4 Å². The molecule has 146 valence electrons. The molecule has 2 saturated heterocycles. The number of carbonyl (C=O) groups is 3. The van der Waals surface area contributed by atoms with Gasteiger partial charge < -0.3 is 19.4 Å². The van der Waals surface area contributed by atoms with Crippen LogP contribution in [-0.2, 0) is 25.7 Å². The number of likely N-dealkylation sites (tertiary alicyclic amines) is 1. The number of ether oxygens (including phenoxy) is 1. The van der Waals surface area contributed by atoms with E-state index in [2.05, 4.69) is 4.98 Å². The molecule has 0 aliphatic carbocycles. The molecule has 2 aliphatic rings. The summed E-state index contributed by atoms with van der Waals surface area (Å²) < 4.78 is 4.91. The zero-order valence-corrected chi connectivity index (χ0v) is 15.7. The number of methoxy groups -OCH3 is 1. The minimum absolute atomic E-state index is 0.00363. The number of amides is 3. The van der Waals surface area contributed by atoms with E-state index in [1.165, 1.54) is 7.11 Å². The molecule has 27 heavy (non-hydrogen) atoms. The SMILES string of the molecule is COCC(=O)N1CCCN(C(=O)[C@H]2CC(=O)N(Cc3cccnc3)C2)CC1. The first-order valence-corrected chi connectivity index (χ1v) is 9.30. The predicted octanol–water partition coefficient (Wildman–Crippen LogP) is 0.137. The number of pyridine rings is 1. The minimum Gasteiger partial charge on any atom is -0.375 e. The molecule has 0 bridgehead atoms. The lowest BCUT2D eigenvalue weighted by Crippen LogP contribution is -2.41. The molecular weight excluding hydrogens is 348 g/mol. The van der Waals surface area contributed by atoms with Gasteiger partial charge in [0.05, 0.1) is 5.92 Å². The minimum atomic E-state index is -0.310. The van der Waals surface area contributed by atoms with Crippen molar-refractivity contribution in [2.45, 2.75) is 19.4 Å². The van der Waals surface area contributed by atoms with Crippen molar-refractivity contribution in [2.24, 2.45) is 5.92 Å². The highest BCUT2D eigenvalue weighted by molar-refractivity contribution is 5.89. The number of hydrogen-bond acceptors (Lipinski definition) is 5. The quantitative estimate of drug-likeness (QED) is 0.732. The van der Waals surface area contributed by atoms with Crippen LogP contribution < -0.4 is 0 Å². The molecule has 0 aromatic carbocycles. The van der Waals surface area contributed by atoms with Crippen molar-refractivity contribution in [3.05, 3.63) is 30.1 Å². The Labute approximate surface area is 159 Å². The molecule has 2 fully saturated rings. The fraction of sp³-hybridized carbons (Fsp3) is 0.579. The third-order valence-electron chi connectivity index (χ3n) is 5.09. The van der Waals surface area contributed by atoms with Crippen LogP contribution in [0.5, 0.6) is 0 Å². The van der Waals surface area contributed by atoms with Crippen molar-refractivity contribution < 1.29 is 19.1 Å². The molecule has 8 nitrogen and oxygen atoms in total. The summed E-state index contributed by atoms with van der Waals surface area (Å²) in [6.07, 6.45) is 4.42. The average molecular weight is 374 g/mol. The zero-order valence-electron chi connectivity index (χ0n) is 15.7. The lowest BCUT2D eigenvalue weighted by Gasteiger charge is -2.24. The maximum atomic E-state index is 12.9. The van der Waals surface area contributed by atoms with Gasteiger partial charge in [-0.3, -0.25) is 19.4 Å². The van der Waals surface area contributed by atoms with Crippen LogP contribution in [0.3, 0.4) is 0 Å². The highest BCUT2D eigenvalue weighted by atomic mass is 16.5. The van der Waals surface area contributed by atoms with Gasteiger partial charge in [-0.15, -0.1) is 0 Å². The van der Waals surface area contributed by atoms with E-state index < -0.39 is 0 Å². The highest BCUT2D eigenvalue weighted by Gasteiger charge is 2.37. The highest BCUT2D eigenvalue weighted by Crippen LogP contribution is 2.22. The summed E-state index contributed by atoms with van der Waals surface area (Å²) in [7, 11) is 1.50. The summed E-state index contributed by atoms with van der Waals surface area (Å²) in [5.41, 5.74) is 0.959. The second-order valence-electron chi connectivity index (χ2n) is 7.03. The molecule has 3 heterocycles. The van der Waals surface area contributed by atoms with Gasteiger partial charge in [0.15, 0.2) is 0 Å². The van der Waals surface area contributed by atoms with Crippen molar-refractivity contribution in [3.8, 4) is 0 Å². The standard InChI is InChI=1S/C19H26N4O4/c1-27-14-18(25)21-6-3-7-22(9-8-21)19(26)16-10-17(24)23(13-16)12-15-4-2-5-20-11-15/h2,4-5,11,16H,3,6-10,12-14H2,1H3/t16-/m0/s1. The van der Waals surface area contributed by atoms with Crippen molar-refractivity contribution in [1.29, 1.82) is 0 Å². The number of aromatic nitrogens is 1. The Morgan fingerprint density at radius 2 is 2.00 bits per heavy atom. The van der Waals surface area contributed by atoms with Crippen molar-refractivity contribution >= 4 is 17.7 Å². The van der Waals surface area contributed by atoms with E-state index in [9.17, 15) is 14.4 Å². The van der Waals surface area contributed by atoms with Gasteiger partial charge in [-0.05, 0) is 18.1 Å². The summed E-state index contributed by atoms with van der Waals surface area (Å²) in [5.74, 6) is -0.345. The first-order chi connectivity index (χ1) is 13.1. The Bertz CT molecular complexity index is 682. The number of nitrogens with zero attached hydrogens (tertiary/aromatic N) is 4. The van der Waals surface area contributed by atoms with Crippen LogP contribution >= 0.6 is 0 Å². The molecule has 1 atom stereocenters. The van der Waals surface area contributed by atoms with E-state index in [4.69, 9.17) is 4.74 Å². The number of hydrogen-bond donors (Lipinski definition) is 0. The zero-order chi connectivity index (χ0) is 19.2. The molecular formula is C19H26N4O4. The van der Waals surface area contributed by atoms with Crippen LogP contribution in [-0.4, -0.2) is 83.8 Å². The first-order valence-electron chi connectivity index (χ1n) is 9.30. The summed E-state index contributed by atoms with van der Waals surface area (Å²) in [4.78, 5) is 46.6. The van der Waals surface area contributed by atoms with E-state index in [1.807, 2.05) is 12.1 Å². The predicted molar refractivity (Wildman–Crippen MR) is 97.4 cm³/mol. The largest absolute Gasteiger partial charge is 0.375 e. The topological polar surface area (TPSA) is 83.0 Å². The number of rotatable bonds is 5. The summed E-state index contributed by atoms with van der Waals surface area (Å²) >= 11 is 0. The van der Waals surface area contributed by atoms with Gasteiger partial charge in [0, 0.05) is 65.2 Å². The first kappa shape index (κ1) is 19.3. The van der Waals surface area contributed by atoms with Crippen molar-refractivity contribution in [3.63, 3.8) is 0 Å². The normalized spacial score (nSPS) is 20.7. The lowest BCUT2D eigenvalue weighted by molar-refractivity contribution is -0.137. The van der Waals surface area contributed by atoms with Crippen LogP contribution in [0.4, 0.5) is 0 Å². The Morgan fingerprint density at radius 1 is 1.22 bits per heavy atom. The number of carbonyl (C=O) groups excluding carboxylic acids is 3. The van der Waals surface area contributed by atoms with Gasteiger partial charge in [0.1, 0.15) is 6.61 Å². The molecule has 0 N–H and O–H groups in total. The van der Waals surface area contributed by atoms with Gasteiger partial charge in [0.25, 0.3) is 0 Å². The Hall–Kier alpha value is -2.48. The lowest BCUT2D eigenvalue weighted by atomic mass is 10.1. The van der Waals surface area contributed by atoms with Gasteiger partial charge >= 0.3 is 0 Å². The van der Waals surface area contributed by atoms with E-state index in [-0.39, 0.29) is 36.7 Å². The van der Waals surface area contributed by atoms with Gasteiger partial charge in [-0.1, -0.05) is 6.07 Å². The molecule has 3 rings (SSSR count). The van der Waals surface area contributed by atoms with Crippen LogP contribution in [0.2, 0.25) is 0 Å². The van der Waals surface area contributed by atoms with Crippen LogP contribution in [0.25, 0.3) is 0 Å². The Kier molecular flexibility index (Phi) is 6.39. The summed E-state index contributed by atoms with van der Waals surface area (Å²) in [5, 5.41) is 0. The van der Waals surface area contributed by atoms with Crippen LogP contribution in [0, 0.1) is 5.92 Å². The fourth-order valence-electron chi connectivity index (χ4n) is 3.66. The molecule has 1 aromatic heterocycles. The van der Waals surface area contributed by atoms with Crippen molar-refractivity contribution in [1.82, 2.24) is 19.7 Å². The average Bonchev–Trinajstić information content (AvgIpc) is 2.88. The van der Waals surface area contributed by atoms with E-state index in [0.717, 1.165) is 12.0 Å². The third-order valence-corrected chi connectivity index (χ3v) is 5.09. The van der Waals surface area contributed by atoms with E-state index in [0.29, 0.717) is 39.3 Å². The second kappa shape index (κ2) is 8.94. The Morgan fingerprint density at radius 3 is 2.74 bits per heavy atom. The van der Waals surface area contributed by atoms with Gasteiger partial charge in [0.2, 0.25) is 17.7 Å². The van der Waals surface area contributed by atoms with Gasteiger partial charge in [-0.2, -0.15) is 0 Å². The summed E-state index contributed by atoms with van der Waals surface area (Å²) in [6.45, 7) is 3.24. The van der Waals surface area contributed by atoms with E-state index in [1.54, 1.807) is 27.1 Å². The smallest absolute Gasteiger partial charge is 0.248 e. The Balaban J connectivity index is 1.55. The molecule has 3 amide bonds. The van der Waals surface area contributed by atoms with Crippen molar-refractivity contribution in [2.75, 3.05) is 46.4 Å². The van der Waals surface area contributed by atoms with E-state index >= 15 is 0 Å². The maximum absolute atomic E-state index is 12.9. The van der Waals surface area contributed by atoms with Crippen LogP contribution in [0.15, 0.2) is 24.5 Å². The summed E-state index contributed by atoms with van der Waals surface area (Å²) in [6, 6.07) is 3.77. The maximum Gasteiger partial charge on any atom is 0.248 e. The monoisotopic (exact) mass is 374 g/mol. The molecule has 0 radical (unpaired) electrons. The van der Waals surface area contributed by atoms with Gasteiger partial charge in [-0.25, -0.2) is 0 Å². The fourth-order valence-corrected chi connectivity index (χ4v) is 3.66. The molecule has 0 spiro atoms. The molecule has 0 unspecified atom stereocenters. The molecule has 1 aromatic rings. The molecule has 0 saturated carbocycles. The molecule has 2 aliphatic heterocycles. The third kappa shape index (κ3) is 4.82. The molecule has 8 heteroatoms. The second-order valence-corrected chi connectivity index (χ2v) is 7.03.